The summed E-state index contributed by atoms with van der Waals surface area (Å²) < 4.78 is 0. The van der Waals surface area contributed by atoms with E-state index in [4.69, 9.17) is 5.73 Å². The van der Waals surface area contributed by atoms with Gasteiger partial charge in [-0.25, -0.2) is 0 Å². The highest BCUT2D eigenvalue weighted by Gasteiger charge is 2.17. The van der Waals surface area contributed by atoms with Crippen LogP contribution in [0.4, 0.5) is 11.4 Å². The maximum absolute atomic E-state index is 5.84. The highest BCUT2D eigenvalue weighted by molar-refractivity contribution is 5.67. The summed E-state index contributed by atoms with van der Waals surface area (Å²) in [6.45, 7) is 3.01. The third-order valence-electron chi connectivity index (χ3n) is 3.66. The Labute approximate surface area is 114 Å². The molecule has 2 aromatic rings. The van der Waals surface area contributed by atoms with Crippen molar-refractivity contribution in [2.75, 3.05) is 11.4 Å². The van der Waals surface area contributed by atoms with Crippen molar-refractivity contribution in [3.05, 3.63) is 53.9 Å². The van der Waals surface area contributed by atoms with Gasteiger partial charge >= 0.3 is 0 Å². The minimum absolute atomic E-state index is 0.0114. The Morgan fingerprint density at radius 2 is 2.05 bits per heavy atom. The molecule has 1 aromatic carbocycles. The van der Waals surface area contributed by atoms with Gasteiger partial charge in [0.1, 0.15) is 0 Å². The molecule has 0 bridgehead atoms. The van der Waals surface area contributed by atoms with Crippen LogP contribution in [-0.2, 0) is 6.42 Å². The molecule has 0 saturated carbocycles. The molecule has 0 spiro atoms. The number of fused-ring (bicyclic) bond motifs is 1. The van der Waals surface area contributed by atoms with Crippen LogP contribution >= 0.6 is 0 Å². The van der Waals surface area contributed by atoms with Crippen LogP contribution in [0.2, 0.25) is 0 Å². The van der Waals surface area contributed by atoms with Crippen molar-refractivity contribution in [3.8, 4) is 0 Å². The number of aryl methyl sites for hydroxylation is 1. The number of nitrogens with two attached hydrogens (primary N) is 1. The van der Waals surface area contributed by atoms with Gasteiger partial charge in [-0.1, -0.05) is 18.2 Å². The maximum atomic E-state index is 5.84. The minimum atomic E-state index is -0.0114. The lowest BCUT2D eigenvalue weighted by Gasteiger charge is -2.31. The zero-order valence-electron chi connectivity index (χ0n) is 11.2. The van der Waals surface area contributed by atoms with E-state index in [1.165, 1.54) is 17.7 Å². The summed E-state index contributed by atoms with van der Waals surface area (Å²) in [5.41, 5.74) is 10.7. The van der Waals surface area contributed by atoms with Crippen molar-refractivity contribution in [1.29, 1.82) is 0 Å². The van der Waals surface area contributed by atoms with Gasteiger partial charge in [-0.2, -0.15) is 0 Å². The first kappa shape index (κ1) is 12.2. The number of rotatable bonds is 2. The fraction of sp³-hybridized carbons (Fsp3) is 0.312. The SMILES string of the molecule is C[C@H](N)c1ccc(N2CCCc3ccccc32)cn1. The normalized spacial score (nSPS) is 16.0. The number of nitrogens with zero attached hydrogens (tertiary/aromatic N) is 2. The molecule has 0 fully saturated rings. The summed E-state index contributed by atoms with van der Waals surface area (Å²) in [4.78, 5) is 6.80. The lowest BCUT2D eigenvalue weighted by molar-refractivity contribution is 0.758. The zero-order chi connectivity index (χ0) is 13.2. The van der Waals surface area contributed by atoms with Crippen LogP contribution in [0.25, 0.3) is 0 Å². The molecule has 1 aliphatic rings. The summed E-state index contributed by atoms with van der Waals surface area (Å²) in [5, 5.41) is 0. The van der Waals surface area contributed by atoms with Gasteiger partial charge in [-0.3, -0.25) is 4.98 Å². The van der Waals surface area contributed by atoms with E-state index in [9.17, 15) is 0 Å². The van der Waals surface area contributed by atoms with Crippen molar-refractivity contribution >= 4 is 11.4 Å². The lowest BCUT2D eigenvalue weighted by Crippen LogP contribution is -2.24. The van der Waals surface area contributed by atoms with Crippen LogP contribution in [0, 0.1) is 0 Å². The first-order chi connectivity index (χ1) is 9.25. The third kappa shape index (κ3) is 2.34. The predicted octanol–water partition coefficient (Wildman–Crippen LogP) is 3.19. The molecule has 1 atom stereocenters. The van der Waals surface area contributed by atoms with Crippen LogP contribution in [0.5, 0.6) is 0 Å². The molecule has 0 saturated heterocycles. The standard InChI is InChI=1S/C16H19N3/c1-12(17)15-9-8-14(11-18-15)19-10-4-6-13-5-2-3-7-16(13)19/h2-3,5,7-9,11-12H,4,6,10,17H2,1H3/t12-/m0/s1. The van der Waals surface area contributed by atoms with E-state index in [0.29, 0.717) is 0 Å². The van der Waals surface area contributed by atoms with E-state index in [-0.39, 0.29) is 6.04 Å². The van der Waals surface area contributed by atoms with Gasteiger partial charge in [-0.15, -0.1) is 0 Å². The van der Waals surface area contributed by atoms with Crippen LogP contribution in [0.15, 0.2) is 42.6 Å². The Balaban J connectivity index is 1.95. The van der Waals surface area contributed by atoms with E-state index in [1.54, 1.807) is 0 Å². The number of hydrogen-bond donors (Lipinski definition) is 1. The summed E-state index contributed by atoms with van der Waals surface area (Å²) in [6.07, 6.45) is 4.28. The molecule has 3 nitrogen and oxygen atoms in total. The van der Waals surface area contributed by atoms with Gasteiger partial charge in [0, 0.05) is 18.3 Å². The molecule has 2 N–H and O–H groups in total. The van der Waals surface area contributed by atoms with Crippen molar-refractivity contribution < 1.29 is 0 Å². The highest BCUT2D eigenvalue weighted by Crippen LogP contribution is 2.32. The summed E-state index contributed by atoms with van der Waals surface area (Å²) >= 11 is 0. The van der Waals surface area contributed by atoms with Crippen molar-refractivity contribution in [3.63, 3.8) is 0 Å². The number of aromatic nitrogens is 1. The summed E-state index contributed by atoms with van der Waals surface area (Å²) in [5.74, 6) is 0. The number of anilines is 2. The number of benzene rings is 1. The molecule has 2 heterocycles. The first-order valence-electron chi connectivity index (χ1n) is 6.82. The quantitative estimate of drug-likeness (QED) is 0.893. The second kappa shape index (κ2) is 5.02. The van der Waals surface area contributed by atoms with E-state index in [1.807, 2.05) is 19.2 Å². The molecular formula is C16H19N3. The lowest BCUT2D eigenvalue weighted by atomic mass is 10.0. The average molecular weight is 253 g/mol. The van der Waals surface area contributed by atoms with E-state index < -0.39 is 0 Å². The Kier molecular flexibility index (Phi) is 3.22. The Morgan fingerprint density at radius 1 is 1.21 bits per heavy atom. The van der Waals surface area contributed by atoms with E-state index in [0.717, 1.165) is 24.3 Å². The van der Waals surface area contributed by atoms with Gasteiger partial charge in [0.2, 0.25) is 0 Å². The molecule has 3 heteroatoms. The van der Waals surface area contributed by atoms with Gasteiger partial charge < -0.3 is 10.6 Å². The topological polar surface area (TPSA) is 42.1 Å². The van der Waals surface area contributed by atoms with Crippen LogP contribution in [0.1, 0.15) is 30.6 Å². The van der Waals surface area contributed by atoms with Crippen LogP contribution in [-0.4, -0.2) is 11.5 Å². The Bertz CT molecular complexity index is 560. The molecule has 3 rings (SSSR count). The zero-order valence-corrected chi connectivity index (χ0v) is 11.2. The molecule has 0 unspecified atom stereocenters. The fourth-order valence-electron chi connectivity index (χ4n) is 2.63. The number of para-hydroxylation sites is 1. The van der Waals surface area contributed by atoms with E-state index >= 15 is 0 Å². The van der Waals surface area contributed by atoms with Gasteiger partial charge in [0.25, 0.3) is 0 Å². The highest BCUT2D eigenvalue weighted by atomic mass is 15.1. The first-order valence-corrected chi connectivity index (χ1v) is 6.82. The molecule has 1 aromatic heterocycles. The van der Waals surface area contributed by atoms with Crippen LogP contribution in [0.3, 0.4) is 0 Å². The van der Waals surface area contributed by atoms with E-state index in [2.05, 4.69) is 40.2 Å². The minimum Gasteiger partial charge on any atom is -0.340 e. The molecule has 98 valence electrons. The van der Waals surface area contributed by atoms with Crippen LogP contribution < -0.4 is 10.6 Å². The molecule has 19 heavy (non-hydrogen) atoms. The molecule has 1 aliphatic heterocycles. The molecule has 0 radical (unpaired) electrons. The Morgan fingerprint density at radius 3 is 2.79 bits per heavy atom. The van der Waals surface area contributed by atoms with Crippen molar-refractivity contribution in [1.82, 2.24) is 4.98 Å². The van der Waals surface area contributed by atoms with Crippen molar-refractivity contribution in [2.24, 2.45) is 5.73 Å². The average Bonchev–Trinajstić information content (AvgIpc) is 2.47. The molecular weight excluding hydrogens is 234 g/mol. The summed E-state index contributed by atoms with van der Waals surface area (Å²) in [7, 11) is 0. The second-order valence-corrected chi connectivity index (χ2v) is 5.11. The molecule has 0 amide bonds. The third-order valence-corrected chi connectivity index (χ3v) is 3.66. The Hall–Kier alpha value is -1.87. The van der Waals surface area contributed by atoms with Gasteiger partial charge in [0.05, 0.1) is 17.6 Å². The number of pyridine rings is 1. The smallest absolute Gasteiger partial charge is 0.0597 e. The monoisotopic (exact) mass is 253 g/mol. The fourth-order valence-corrected chi connectivity index (χ4v) is 2.63. The largest absolute Gasteiger partial charge is 0.340 e. The van der Waals surface area contributed by atoms with Crippen molar-refractivity contribution in [2.45, 2.75) is 25.8 Å². The predicted molar refractivity (Wildman–Crippen MR) is 78.6 cm³/mol. The van der Waals surface area contributed by atoms with Gasteiger partial charge in [-0.05, 0) is 43.5 Å². The summed E-state index contributed by atoms with van der Waals surface area (Å²) in [6, 6.07) is 12.7. The molecule has 0 aliphatic carbocycles. The number of hydrogen-bond acceptors (Lipinski definition) is 3. The second-order valence-electron chi connectivity index (χ2n) is 5.11. The maximum Gasteiger partial charge on any atom is 0.0597 e. The van der Waals surface area contributed by atoms with Gasteiger partial charge in [0.15, 0.2) is 0 Å².